The average Bonchev–Trinajstić information content (AvgIpc) is 3.15. The molecule has 0 aliphatic heterocycles. The standard InChI is InChI=1S/C25H34N4O/c1-3-4-5-6-7-8-9-12-19-29-23-14-11-10-13-22(23)28-24(29)20(2)27-25(30)21-15-17-26-18-16-21/h10-11,13-18,20H,3-9,12,19H2,1-2H3,(H,27,30). The summed E-state index contributed by atoms with van der Waals surface area (Å²) >= 11 is 0. The molecule has 0 saturated carbocycles. The van der Waals surface area contributed by atoms with Gasteiger partial charge >= 0.3 is 0 Å². The van der Waals surface area contributed by atoms with Gasteiger partial charge in [-0.15, -0.1) is 0 Å². The highest BCUT2D eigenvalue weighted by atomic mass is 16.1. The number of unbranched alkanes of at least 4 members (excludes halogenated alkanes) is 7. The van der Waals surface area contributed by atoms with Gasteiger partial charge in [-0.25, -0.2) is 4.98 Å². The second-order valence-corrected chi connectivity index (χ2v) is 8.02. The summed E-state index contributed by atoms with van der Waals surface area (Å²) in [4.78, 5) is 21.4. The number of fused-ring (bicyclic) bond motifs is 1. The maximum atomic E-state index is 12.6. The van der Waals surface area contributed by atoms with E-state index in [0.29, 0.717) is 5.56 Å². The topological polar surface area (TPSA) is 59.8 Å². The van der Waals surface area contributed by atoms with Gasteiger partial charge in [0.2, 0.25) is 0 Å². The van der Waals surface area contributed by atoms with E-state index >= 15 is 0 Å². The van der Waals surface area contributed by atoms with E-state index in [0.717, 1.165) is 29.8 Å². The van der Waals surface area contributed by atoms with Crippen LogP contribution in [-0.4, -0.2) is 20.4 Å². The molecule has 1 amide bonds. The first-order valence-corrected chi connectivity index (χ1v) is 11.4. The summed E-state index contributed by atoms with van der Waals surface area (Å²) in [5, 5.41) is 3.09. The zero-order chi connectivity index (χ0) is 21.2. The summed E-state index contributed by atoms with van der Waals surface area (Å²) < 4.78 is 2.28. The molecule has 3 aromatic rings. The number of pyridine rings is 1. The van der Waals surface area contributed by atoms with E-state index in [4.69, 9.17) is 4.98 Å². The third-order valence-corrected chi connectivity index (χ3v) is 5.60. The van der Waals surface area contributed by atoms with Gasteiger partial charge in [-0.2, -0.15) is 0 Å². The molecular weight excluding hydrogens is 372 g/mol. The lowest BCUT2D eigenvalue weighted by Crippen LogP contribution is -2.28. The number of amides is 1. The summed E-state index contributed by atoms with van der Waals surface area (Å²) in [6, 6.07) is 11.5. The second kappa shape index (κ2) is 11.5. The highest BCUT2D eigenvalue weighted by Gasteiger charge is 2.18. The lowest BCUT2D eigenvalue weighted by atomic mass is 10.1. The van der Waals surface area contributed by atoms with Crippen LogP contribution in [0.2, 0.25) is 0 Å². The number of rotatable bonds is 12. The van der Waals surface area contributed by atoms with Crippen molar-refractivity contribution in [1.29, 1.82) is 0 Å². The summed E-state index contributed by atoms with van der Waals surface area (Å²) in [6.45, 7) is 5.19. The van der Waals surface area contributed by atoms with Gasteiger partial charge in [0.15, 0.2) is 0 Å². The Balaban J connectivity index is 1.63. The molecular formula is C25H34N4O. The molecule has 0 fully saturated rings. The van der Waals surface area contributed by atoms with Gasteiger partial charge in [0, 0.05) is 24.5 Å². The smallest absolute Gasteiger partial charge is 0.251 e. The highest BCUT2D eigenvalue weighted by Crippen LogP contribution is 2.22. The van der Waals surface area contributed by atoms with Crippen molar-refractivity contribution in [2.24, 2.45) is 0 Å². The molecule has 1 N–H and O–H groups in total. The Hall–Kier alpha value is -2.69. The van der Waals surface area contributed by atoms with E-state index in [2.05, 4.69) is 33.9 Å². The number of nitrogens with zero attached hydrogens (tertiary/aromatic N) is 3. The minimum atomic E-state index is -0.174. The van der Waals surface area contributed by atoms with Crippen LogP contribution in [0.1, 0.15) is 87.4 Å². The number of carbonyl (C=O) groups is 1. The van der Waals surface area contributed by atoms with Crippen LogP contribution >= 0.6 is 0 Å². The molecule has 0 radical (unpaired) electrons. The van der Waals surface area contributed by atoms with Crippen molar-refractivity contribution in [3.05, 3.63) is 60.2 Å². The molecule has 1 unspecified atom stereocenters. The first kappa shape index (κ1) is 22.0. The number of para-hydroxylation sites is 2. The Morgan fingerprint density at radius 1 is 0.967 bits per heavy atom. The minimum Gasteiger partial charge on any atom is -0.342 e. The summed E-state index contributed by atoms with van der Waals surface area (Å²) in [5.41, 5.74) is 2.74. The van der Waals surface area contributed by atoms with Gasteiger partial charge in [0.1, 0.15) is 5.82 Å². The molecule has 0 aliphatic carbocycles. The first-order chi connectivity index (χ1) is 14.7. The SMILES string of the molecule is CCCCCCCCCCn1c(C(C)NC(=O)c2ccncc2)nc2ccccc21. The van der Waals surface area contributed by atoms with Crippen molar-refractivity contribution < 1.29 is 4.79 Å². The molecule has 30 heavy (non-hydrogen) atoms. The highest BCUT2D eigenvalue weighted by molar-refractivity contribution is 5.94. The van der Waals surface area contributed by atoms with Crippen molar-refractivity contribution in [2.45, 2.75) is 77.8 Å². The summed E-state index contributed by atoms with van der Waals surface area (Å²) in [5.74, 6) is 0.817. The number of aryl methyl sites for hydroxylation is 1. The summed E-state index contributed by atoms with van der Waals surface area (Å²) in [7, 11) is 0. The van der Waals surface area contributed by atoms with E-state index in [-0.39, 0.29) is 11.9 Å². The monoisotopic (exact) mass is 406 g/mol. The number of hydrogen-bond donors (Lipinski definition) is 1. The fraction of sp³-hybridized carbons (Fsp3) is 0.480. The summed E-state index contributed by atoms with van der Waals surface area (Å²) in [6.07, 6.45) is 13.6. The zero-order valence-electron chi connectivity index (χ0n) is 18.3. The molecule has 0 saturated heterocycles. The molecule has 0 aliphatic rings. The lowest BCUT2D eigenvalue weighted by molar-refractivity contribution is 0.0937. The third-order valence-electron chi connectivity index (χ3n) is 5.60. The number of nitrogens with one attached hydrogen (secondary N) is 1. The van der Waals surface area contributed by atoms with Crippen LogP contribution in [0, 0.1) is 0 Å². The van der Waals surface area contributed by atoms with Crippen LogP contribution in [0.15, 0.2) is 48.8 Å². The first-order valence-electron chi connectivity index (χ1n) is 11.4. The van der Waals surface area contributed by atoms with E-state index in [1.807, 2.05) is 19.1 Å². The van der Waals surface area contributed by atoms with E-state index in [1.54, 1.807) is 24.5 Å². The maximum Gasteiger partial charge on any atom is 0.251 e. The quantitative estimate of drug-likeness (QED) is 0.372. The van der Waals surface area contributed by atoms with Crippen molar-refractivity contribution in [2.75, 3.05) is 0 Å². The van der Waals surface area contributed by atoms with Crippen LogP contribution in [0.3, 0.4) is 0 Å². The van der Waals surface area contributed by atoms with Gasteiger partial charge in [-0.1, -0.05) is 64.0 Å². The predicted octanol–water partition coefficient (Wildman–Crippen LogP) is 6.06. The lowest BCUT2D eigenvalue weighted by Gasteiger charge is -2.16. The van der Waals surface area contributed by atoms with Crippen LogP contribution < -0.4 is 5.32 Å². The van der Waals surface area contributed by atoms with Crippen molar-refractivity contribution >= 4 is 16.9 Å². The zero-order valence-corrected chi connectivity index (χ0v) is 18.3. The Morgan fingerprint density at radius 3 is 2.37 bits per heavy atom. The van der Waals surface area contributed by atoms with Gasteiger partial charge in [0.05, 0.1) is 17.1 Å². The van der Waals surface area contributed by atoms with Gasteiger partial charge in [-0.05, 0) is 37.6 Å². The van der Waals surface area contributed by atoms with E-state index < -0.39 is 0 Å². The normalized spacial score (nSPS) is 12.2. The Labute approximate surface area is 179 Å². The van der Waals surface area contributed by atoms with Gasteiger partial charge in [0.25, 0.3) is 5.91 Å². The van der Waals surface area contributed by atoms with Crippen LogP contribution in [0.25, 0.3) is 11.0 Å². The van der Waals surface area contributed by atoms with Crippen LogP contribution in [-0.2, 0) is 6.54 Å². The second-order valence-electron chi connectivity index (χ2n) is 8.02. The Bertz CT molecular complexity index is 919. The Morgan fingerprint density at radius 2 is 1.63 bits per heavy atom. The molecule has 0 bridgehead atoms. The molecule has 2 aromatic heterocycles. The van der Waals surface area contributed by atoms with E-state index in [1.165, 1.54) is 44.9 Å². The van der Waals surface area contributed by atoms with E-state index in [9.17, 15) is 4.79 Å². The van der Waals surface area contributed by atoms with Crippen LogP contribution in [0.5, 0.6) is 0 Å². The van der Waals surface area contributed by atoms with Crippen LogP contribution in [0.4, 0.5) is 0 Å². The molecule has 1 atom stereocenters. The molecule has 0 spiro atoms. The minimum absolute atomic E-state index is 0.101. The maximum absolute atomic E-state index is 12.6. The number of aromatic nitrogens is 3. The molecule has 5 heteroatoms. The van der Waals surface area contributed by atoms with Gasteiger partial charge in [-0.3, -0.25) is 9.78 Å². The molecule has 1 aromatic carbocycles. The predicted molar refractivity (Wildman–Crippen MR) is 122 cm³/mol. The number of imidazole rings is 1. The van der Waals surface area contributed by atoms with Gasteiger partial charge < -0.3 is 9.88 Å². The van der Waals surface area contributed by atoms with Crippen molar-refractivity contribution in [3.63, 3.8) is 0 Å². The van der Waals surface area contributed by atoms with Crippen molar-refractivity contribution in [1.82, 2.24) is 19.9 Å². The molecule has 2 heterocycles. The molecule has 5 nitrogen and oxygen atoms in total. The Kier molecular flexibility index (Phi) is 8.42. The number of benzene rings is 1. The largest absolute Gasteiger partial charge is 0.342 e. The fourth-order valence-corrected chi connectivity index (χ4v) is 3.91. The van der Waals surface area contributed by atoms with Crippen molar-refractivity contribution in [3.8, 4) is 0 Å². The third kappa shape index (κ3) is 5.91. The average molecular weight is 407 g/mol. The number of hydrogen-bond acceptors (Lipinski definition) is 3. The number of carbonyl (C=O) groups excluding carboxylic acids is 1. The fourth-order valence-electron chi connectivity index (χ4n) is 3.91. The molecule has 3 rings (SSSR count). The molecule has 160 valence electrons.